The number of likely N-dealkylation sites (tertiary alicyclic amines) is 1. The molecule has 0 unspecified atom stereocenters. The van der Waals surface area contributed by atoms with Crippen LogP contribution in [0, 0.1) is 0 Å². The largest absolute Gasteiger partial charge is 0.496 e. The molecule has 1 heterocycles. The minimum absolute atomic E-state index is 0.408. The molecule has 1 saturated heterocycles. The Morgan fingerprint density at radius 3 is 2.62 bits per heavy atom. The Bertz CT molecular complexity index is 496. The van der Waals surface area contributed by atoms with Gasteiger partial charge in [-0.1, -0.05) is 18.2 Å². The van der Waals surface area contributed by atoms with Crippen molar-refractivity contribution < 1.29 is 14.3 Å². The predicted octanol–water partition coefficient (Wildman–Crippen LogP) is 1.37. The van der Waals surface area contributed by atoms with E-state index in [0.29, 0.717) is 26.1 Å². The lowest BCUT2D eigenvalue weighted by molar-refractivity contribution is -0.146. The second kappa shape index (κ2) is 7.67. The van der Waals surface area contributed by atoms with E-state index >= 15 is 0 Å². The monoisotopic (exact) mass is 290 g/mol. The molecule has 0 aromatic heterocycles. The number of carbonyl (C=O) groups is 2. The van der Waals surface area contributed by atoms with E-state index in [0.717, 1.165) is 30.6 Å². The summed E-state index contributed by atoms with van der Waals surface area (Å²) < 4.78 is 5.26. The number of benzene rings is 1. The van der Waals surface area contributed by atoms with E-state index in [1.54, 1.807) is 12.0 Å². The standard InChI is InChI=1S/C16H22N2O3/c1-21-14-8-4-3-7-13(14)9-10-17-15(19)16(20)18-11-5-2-6-12-18/h3-4,7-8H,2,5-6,9-12H2,1H3,(H,17,19). The fourth-order valence-corrected chi connectivity index (χ4v) is 2.54. The molecular weight excluding hydrogens is 268 g/mol. The summed E-state index contributed by atoms with van der Waals surface area (Å²) in [4.78, 5) is 25.4. The van der Waals surface area contributed by atoms with Crippen molar-refractivity contribution in [1.82, 2.24) is 10.2 Å². The second-order valence-corrected chi connectivity index (χ2v) is 5.17. The SMILES string of the molecule is COc1ccccc1CCNC(=O)C(=O)N1CCCCC1. The molecular formula is C16H22N2O3. The van der Waals surface area contributed by atoms with Gasteiger partial charge in [-0.25, -0.2) is 0 Å². The number of nitrogens with one attached hydrogen (secondary N) is 1. The van der Waals surface area contributed by atoms with Crippen LogP contribution in [0.15, 0.2) is 24.3 Å². The molecule has 2 amide bonds. The minimum Gasteiger partial charge on any atom is -0.496 e. The first-order valence-electron chi connectivity index (χ1n) is 7.41. The first kappa shape index (κ1) is 15.4. The molecule has 0 aliphatic carbocycles. The molecule has 0 atom stereocenters. The van der Waals surface area contributed by atoms with Gasteiger partial charge in [0.2, 0.25) is 0 Å². The number of piperidine rings is 1. The molecule has 1 fully saturated rings. The third-order valence-corrected chi connectivity index (χ3v) is 3.71. The Hall–Kier alpha value is -2.04. The van der Waals surface area contributed by atoms with Crippen molar-refractivity contribution in [2.75, 3.05) is 26.7 Å². The van der Waals surface area contributed by atoms with Crippen molar-refractivity contribution in [3.63, 3.8) is 0 Å². The molecule has 0 bridgehead atoms. The zero-order chi connectivity index (χ0) is 15.1. The first-order chi connectivity index (χ1) is 10.2. The molecule has 1 aromatic rings. The summed E-state index contributed by atoms with van der Waals surface area (Å²) in [5, 5.41) is 2.69. The van der Waals surface area contributed by atoms with Gasteiger partial charge in [-0.2, -0.15) is 0 Å². The summed E-state index contributed by atoms with van der Waals surface area (Å²) >= 11 is 0. The number of para-hydroxylation sites is 1. The van der Waals surface area contributed by atoms with Gasteiger partial charge < -0.3 is 15.0 Å². The molecule has 1 N–H and O–H groups in total. The van der Waals surface area contributed by atoms with E-state index < -0.39 is 11.8 Å². The number of carbonyl (C=O) groups excluding carboxylic acids is 2. The number of amides is 2. The van der Waals surface area contributed by atoms with E-state index in [-0.39, 0.29) is 0 Å². The molecule has 114 valence electrons. The van der Waals surface area contributed by atoms with Crippen molar-refractivity contribution >= 4 is 11.8 Å². The van der Waals surface area contributed by atoms with Gasteiger partial charge in [0.15, 0.2) is 0 Å². The average Bonchev–Trinajstić information content (AvgIpc) is 2.55. The number of hydrogen-bond donors (Lipinski definition) is 1. The van der Waals surface area contributed by atoms with Gasteiger partial charge in [-0.3, -0.25) is 9.59 Å². The fraction of sp³-hybridized carbons (Fsp3) is 0.500. The number of hydrogen-bond acceptors (Lipinski definition) is 3. The van der Waals surface area contributed by atoms with Gasteiger partial charge in [0.05, 0.1) is 7.11 Å². The first-order valence-corrected chi connectivity index (χ1v) is 7.41. The fourth-order valence-electron chi connectivity index (χ4n) is 2.54. The highest BCUT2D eigenvalue weighted by molar-refractivity contribution is 6.35. The molecule has 0 spiro atoms. The van der Waals surface area contributed by atoms with Crippen molar-refractivity contribution in [3.05, 3.63) is 29.8 Å². The molecule has 21 heavy (non-hydrogen) atoms. The average molecular weight is 290 g/mol. The predicted molar refractivity (Wildman–Crippen MR) is 80.1 cm³/mol. The van der Waals surface area contributed by atoms with Crippen molar-refractivity contribution in [2.45, 2.75) is 25.7 Å². The quantitative estimate of drug-likeness (QED) is 0.852. The molecule has 5 nitrogen and oxygen atoms in total. The summed E-state index contributed by atoms with van der Waals surface area (Å²) in [5.74, 6) is -0.115. The normalized spacial score (nSPS) is 14.6. The zero-order valence-electron chi connectivity index (χ0n) is 12.4. The van der Waals surface area contributed by atoms with Crippen LogP contribution in [0.2, 0.25) is 0 Å². The van der Waals surface area contributed by atoms with Crippen LogP contribution in [0.25, 0.3) is 0 Å². The Morgan fingerprint density at radius 2 is 1.90 bits per heavy atom. The summed E-state index contributed by atoms with van der Waals surface area (Å²) in [6, 6.07) is 7.67. The van der Waals surface area contributed by atoms with Gasteiger partial charge in [0.1, 0.15) is 5.75 Å². The van der Waals surface area contributed by atoms with Crippen LogP contribution in [0.1, 0.15) is 24.8 Å². The van der Waals surface area contributed by atoms with Gasteiger partial charge in [-0.15, -0.1) is 0 Å². The van der Waals surface area contributed by atoms with Crippen molar-refractivity contribution in [3.8, 4) is 5.75 Å². The lowest BCUT2D eigenvalue weighted by Crippen LogP contribution is -2.45. The number of methoxy groups -OCH3 is 1. The third-order valence-electron chi connectivity index (χ3n) is 3.71. The van der Waals surface area contributed by atoms with Gasteiger partial charge >= 0.3 is 11.8 Å². The molecule has 1 aliphatic rings. The minimum atomic E-state index is -0.508. The van der Waals surface area contributed by atoms with E-state index in [1.165, 1.54) is 0 Å². The zero-order valence-corrected chi connectivity index (χ0v) is 12.4. The summed E-state index contributed by atoms with van der Waals surface area (Å²) in [6.07, 6.45) is 3.75. The van der Waals surface area contributed by atoms with Crippen LogP contribution in [0.3, 0.4) is 0 Å². The van der Waals surface area contributed by atoms with Crippen LogP contribution in [-0.2, 0) is 16.0 Å². The highest BCUT2D eigenvalue weighted by Gasteiger charge is 2.22. The lowest BCUT2D eigenvalue weighted by Gasteiger charge is -2.25. The summed E-state index contributed by atoms with van der Waals surface area (Å²) in [6.45, 7) is 1.82. The third kappa shape index (κ3) is 4.21. The molecule has 1 aliphatic heterocycles. The molecule has 5 heteroatoms. The maximum Gasteiger partial charge on any atom is 0.311 e. The Labute approximate surface area is 125 Å². The molecule has 1 aromatic carbocycles. The van der Waals surface area contributed by atoms with E-state index in [2.05, 4.69) is 5.32 Å². The van der Waals surface area contributed by atoms with Gasteiger partial charge in [0, 0.05) is 19.6 Å². The van der Waals surface area contributed by atoms with Crippen LogP contribution in [0.4, 0.5) is 0 Å². The Morgan fingerprint density at radius 1 is 1.19 bits per heavy atom. The number of ether oxygens (including phenoxy) is 1. The van der Waals surface area contributed by atoms with Crippen LogP contribution in [-0.4, -0.2) is 43.5 Å². The van der Waals surface area contributed by atoms with Crippen molar-refractivity contribution in [2.24, 2.45) is 0 Å². The molecule has 2 rings (SSSR count). The van der Waals surface area contributed by atoms with Gasteiger partial charge in [0.25, 0.3) is 0 Å². The van der Waals surface area contributed by atoms with E-state index in [1.807, 2.05) is 24.3 Å². The number of rotatable bonds is 4. The maximum atomic E-state index is 12.0. The van der Waals surface area contributed by atoms with Gasteiger partial charge in [-0.05, 0) is 37.3 Å². The van der Waals surface area contributed by atoms with E-state index in [9.17, 15) is 9.59 Å². The summed E-state index contributed by atoms with van der Waals surface area (Å²) in [5.41, 5.74) is 1.02. The second-order valence-electron chi connectivity index (χ2n) is 5.17. The van der Waals surface area contributed by atoms with E-state index in [4.69, 9.17) is 4.74 Å². The topological polar surface area (TPSA) is 58.6 Å². The molecule has 0 saturated carbocycles. The highest BCUT2D eigenvalue weighted by atomic mass is 16.5. The summed E-state index contributed by atoms with van der Waals surface area (Å²) in [7, 11) is 1.62. The van der Waals surface area contributed by atoms with Crippen LogP contribution in [0.5, 0.6) is 5.75 Å². The Balaban J connectivity index is 1.79. The highest BCUT2D eigenvalue weighted by Crippen LogP contribution is 2.17. The van der Waals surface area contributed by atoms with Crippen molar-refractivity contribution in [1.29, 1.82) is 0 Å². The van der Waals surface area contributed by atoms with Crippen LogP contribution < -0.4 is 10.1 Å². The van der Waals surface area contributed by atoms with Crippen LogP contribution >= 0.6 is 0 Å². The maximum absolute atomic E-state index is 12.0. The Kier molecular flexibility index (Phi) is 5.60. The smallest absolute Gasteiger partial charge is 0.311 e. The lowest BCUT2D eigenvalue weighted by atomic mass is 10.1. The molecule has 0 radical (unpaired) electrons. The number of nitrogens with zero attached hydrogens (tertiary/aromatic N) is 1.